The third kappa shape index (κ3) is 2.80. The zero-order valence-electron chi connectivity index (χ0n) is 15.2. The first kappa shape index (κ1) is 17.0. The molecular weight excluding hydrogens is 372 g/mol. The molecule has 0 amide bonds. The molecule has 0 unspecified atom stereocenters. The molecule has 0 aliphatic carbocycles. The fourth-order valence-electron chi connectivity index (χ4n) is 3.19. The first-order valence-electron chi connectivity index (χ1n) is 8.81. The molecule has 0 aliphatic rings. The van der Waals surface area contributed by atoms with Crippen LogP contribution >= 0.6 is 0 Å². The van der Waals surface area contributed by atoms with Gasteiger partial charge in [0, 0.05) is 5.56 Å². The SMILES string of the molecule is COC(=O)c1cccc2oc(-c3cccc4oc(-c5ccc(O)cc5)nc34)nc12. The minimum Gasteiger partial charge on any atom is -0.508 e. The third-order valence-electron chi connectivity index (χ3n) is 4.59. The third-order valence-corrected chi connectivity index (χ3v) is 4.59. The van der Waals surface area contributed by atoms with E-state index >= 15 is 0 Å². The lowest BCUT2D eigenvalue weighted by molar-refractivity contribution is 0.0602. The van der Waals surface area contributed by atoms with Crippen LogP contribution in [-0.2, 0) is 4.74 Å². The minimum absolute atomic E-state index is 0.165. The summed E-state index contributed by atoms with van der Waals surface area (Å²) in [7, 11) is 1.32. The molecule has 0 fully saturated rings. The molecule has 0 saturated heterocycles. The lowest BCUT2D eigenvalue weighted by Crippen LogP contribution is -2.01. The predicted molar refractivity (Wildman–Crippen MR) is 105 cm³/mol. The second-order valence-electron chi connectivity index (χ2n) is 6.38. The van der Waals surface area contributed by atoms with Gasteiger partial charge >= 0.3 is 5.97 Å². The Morgan fingerprint density at radius 1 is 0.862 bits per heavy atom. The first-order chi connectivity index (χ1) is 14.1. The van der Waals surface area contributed by atoms with Gasteiger partial charge < -0.3 is 18.7 Å². The number of carbonyl (C=O) groups is 1. The van der Waals surface area contributed by atoms with E-state index < -0.39 is 5.97 Å². The highest BCUT2D eigenvalue weighted by Gasteiger charge is 2.20. The molecule has 0 bridgehead atoms. The lowest BCUT2D eigenvalue weighted by atomic mass is 10.2. The second kappa shape index (κ2) is 6.49. The van der Waals surface area contributed by atoms with Crippen molar-refractivity contribution < 1.29 is 23.5 Å². The summed E-state index contributed by atoms with van der Waals surface area (Å²) in [5.74, 6) is 0.425. The van der Waals surface area contributed by atoms with Gasteiger partial charge in [0.2, 0.25) is 11.8 Å². The number of phenols is 1. The molecule has 29 heavy (non-hydrogen) atoms. The van der Waals surface area contributed by atoms with Gasteiger partial charge in [-0.2, -0.15) is 0 Å². The van der Waals surface area contributed by atoms with Crippen LogP contribution in [0.2, 0.25) is 0 Å². The number of para-hydroxylation sites is 2. The van der Waals surface area contributed by atoms with E-state index in [0.717, 1.165) is 5.56 Å². The molecule has 0 radical (unpaired) electrons. The molecule has 0 atom stereocenters. The standard InChI is InChI=1S/C22H14N2O5/c1-27-22(26)15-5-3-7-17-19(15)24-21(29-17)14-4-2-6-16-18(14)23-20(28-16)12-8-10-13(25)11-9-12/h2-11,25H,1H3. The number of aromatic hydroxyl groups is 1. The van der Waals surface area contributed by atoms with Crippen LogP contribution < -0.4 is 0 Å². The van der Waals surface area contributed by atoms with E-state index in [0.29, 0.717) is 45.1 Å². The maximum absolute atomic E-state index is 12.0. The van der Waals surface area contributed by atoms with E-state index in [9.17, 15) is 9.90 Å². The number of benzene rings is 3. The summed E-state index contributed by atoms with van der Waals surface area (Å²) in [5, 5.41) is 9.48. The van der Waals surface area contributed by atoms with Crippen LogP contribution in [0.3, 0.4) is 0 Å². The van der Waals surface area contributed by atoms with E-state index in [2.05, 4.69) is 9.97 Å². The normalized spacial score (nSPS) is 11.2. The highest BCUT2D eigenvalue weighted by atomic mass is 16.5. The molecule has 142 valence electrons. The van der Waals surface area contributed by atoms with Crippen LogP contribution in [0.25, 0.3) is 45.1 Å². The van der Waals surface area contributed by atoms with Crippen molar-refractivity contribution in [3.8, 4) is 28.7 Å². The number of phenolic OH excluding ortho intramolecular Hbond substituents is 1. The van der Waals surface area contributed by atoms with Crippen molar-refractivity contribution in [3.05, 3.63) is 66.2 Å². The zero-order chi connectivity index (χ0) is 20.0. The number of nitrogens with zero attached hydrogens (tertiary/aromatic N) is 2. The van der Waals surface area contributed by atoms with Gasteiger partial charge in [-0.25, -0.2) is 14.8 Å². The Labute approximate surface area is 164 Å². The van der Waals surface area contributed by atoms with Crippen LogP contribution in [0.1, 0.15) is 10.4 Å². The van der Waals surface area contributed by atoms with Crippen molar-refractivity contribution in [2.75, 3.05) is 7.11 Å². The summed E-state index contributed by atoms with van der Waals surface area (Å²) in [6, 6.07) is 17.1. The van der Waals surface area contributed by atoms with Gasteiger partial charge in [0.25, 0.3) is 0 Å². The molecule has 0 saturated carbocycles. The summed E-state index contributed by atoms with van der Waals surface area (Å²) in [4.78, 5) is 21.1. The Balaban J connectivity index is 1.67. The molecule has 0 aliphatic heterocycles. The molecule has 5 aromatic rings. The first-order valence-corrected chi connectivity index (χ1v) is 8.81. The monoisotopic (exact) mass is 386 g/mol. The summed E-state index contributed by atoms with van der Waals surface area (Å²) < 4.78 is 16.6. The second-order valence-corrected chi connectivity index (χ2v) is 6.38. The Morgan fingerprint density at radius 3 is 2.28 bits per heavy atom. The van der Waals surface area contributed by atoms with Gasteiger partial charge in [0.05, 0.1) is 18.2 Å². The van der Waals surface area contributed by atoms with Gasteiger partial charge in [-0.1, -0.05) is 12.1 Å². The van der Waals surface area contributed by atoms with E-state index in [1.807, 2.05) is 12.1 Å². The van der Waals surface area contributed by atoms with Crippen LogP contribution in [0.5, 0.6) is 5.75 Å². The van der Waals surface area contributed by atoms with Crippen LogP contribution in [0, 0.1) is 0 Å². The number of carbonyl (C=O) groups excluding carboxylic acids is 1. The Hall–Kier alpha value is -4.13. The van der Waals surface area contributed by atoms with E-state index in [4.69, 9.17) is 13.6 Å². The number of ether oxygens (including phenoxy) is 1. The number of aromatic nitrogens is 2. The predicted octanol–water partition coefficient (Wildman–Crippen LogP) is 4.80. The maximum Gasteiger partial charge on any atom is 0.340 e. The van der Waals surface area contributed by atoms with Gasteiger partial charge in [0.15, 0.2) is 11.2 Å². The van der Waals surface area contributed by atoms with Crippen molar-refractivity contribution in [3.63, 3.8) is 0 Å². The largest absolute Gasteiger partial charge is 0.508 e. The molecule has 0 spiro atoms. The summed E-state index contributed by atoms with van der Waals surface area (Å²) in [5.41, 5.74) is 3.76. The smallest absolute Gasteiger partial charge is 0.340 e. The highest BCUT2D eigenvalue weighted by Crippen LogP contribution is 2.34. The number of hydrogen-bond acceptors (Lipinski definition) is 7. The van der Waals surface area contributed by atoms with E-state index in [-0.39, 0.29) is 5.75 Å². The summed E-state index contributed by atoms with van der Waals surface area (Å²) in [6.07, 6.45) is 0. The number of rotatable bonds is 3. The zero-order valence-corrected chi connectivity index (χ0v) is 15.2. The Morgan fingerprint density at radius 2 is 1.52 bits per heavy atom. The molecule has 3 aromatic carbocycles. The van der Waals surface area contributed by atoms with E-state index in [1.165, 1.54) is 7.11 Å². The molecule has 5 rings (SSSR count). The average molecular weight is 386 g/mol. The molecule has 7 heteroatoms. The maximum atomic E-state index is 12.0. The van der Waals surface area contributed by atoms with Gasteiger partial charge in [-0.05, 0) is 48.5 Å². The molecular formula is C22H14N2O5. The molecule has 2 aromatic heterocycles. The minimum atomic E-state index is -0.482. The van der Waals surface area contributed by atoms with Gasteiger partial charge in [0.1, 0.15) is 16.8 Å². The highest BCUT2D eigenvalue weighted by molar-refractivity contribution is 6.02. The fourth-order valence-corrected chi connectivity index (χ4v) is 3.19. The number of esters is 1. The number of hydrogen-bond donors (Lipinski definition) is 1. The van der Waals surface area contributed by atoms with Crippen molar-refractivity contribution in [1.82, 2.24) is 9.97 Å². The summed E-state index contributed by atoms with van der Waals surface area (Å²) >= 11 is 0. The van der Waals surface area contributed by atoms with Gasteiger partial charge in [-0.3, -0.25) is 0 Å². The molecule has 7 nitrogen and oxygen atoms in total. The van der Waals surface area contributed by atoms with Crippen LogP contribution in [0.15, 0.2) is 69.5 Å². The van der Waals surface area contributed by atoms with Crippen LogP contribution in [-0.4, -0.2) is 28.2 Å². The Kier molecular flexibility index (Phi) is 3.80. The number of fused-ring (bicyclic) bond motifs is 2. The number of methoxy groups -OCH3 is 1. The Bertz CT molecular complexity index is 1370. The topological polar surface area (TPSA) is 98.6 Å². The quantitative estimate of drug-likeness (QED) is 0.445. The fraction of sp³-hybridized carbons (Fsp3) is 0.0455. The molecule has 1 N–H and O–H groups in total. The van der Waals surface area contributed by atoms with Crippen LogP contribution in [0.4, 0.5) is 0 Å². The van der Waals surface area contributed by atoms with E-state index in [1.54, 1.807) is 48.5 Å². The van der Waals surface area contributed by atoms with Crippen molar-refractivity contribution in [1.29, 1.82) is 0 Å². The van der Waals surface area contributed by atoms with Crippen molar-refractivity contribution in [2.24, 2.45) is 0 Å². The lowest BCUT2D eigenvalue weighted by Gasteiger charge is -1.97. The van der Waals surface area contributed by atoms with Crippen molar-refractivity contribution >= 4 is 28.2 Å². The average Bonchev–Trinajstić information content (AvgIpc) is 3.37. The molecule has 2 heterocycles. The van der Waals surface area contributed by atoms with Crippen molar-refractivity contribution in [2.45, 2.75) is 0 Å². The number of oxazole rings is 2. The van der Waals surface area contributed by atoms with Gasteiger partial charge in [-0.15, -0.1) is 0 Å². The summed E-state index contributed by atoms with van der Waals surface area (Å²) in [6.45, 7) is 0.